The van der Waals surface area contributed by atoms with Gasteiger partial charge in [0.2, 0.25) is 0 Å². The molecule has 1 unspecified atom stereocenters. The molecule has 2 aliphatic heterocycles. The molecule has 0 radical (unpaired) electrons. The van der Waals surface area contributed by atoms with Crippen LogP contribution in [0.15, 0.2) is 42.5 Å². The van der Waals surface area contributed by atoms with E-state index in [9.17, 15) is 13.6 Å². The van der Waals surface area contributed by atoms with E-state index in [0.717, 1.165) is 81.3 Å². The number of nitrogens with zero attached hydrogens (tertiary/aromatic N) is 2. The highest BCUT2D eigenvalue weighted by molar-refractivity contribution is 5.95. The lowest BCUT2D eigenvalue weighted by Gasteiger charge is -2.34. The molecular formula is C30H40F2N2O. The van der Waals surface area contributed by atoms with Crippen molar-refractivity contribution in [2.75, 3.05) is 26.2 Å². The predicted molar refractivity (Wildman–Crippen MR) is 139 cm³/mol. The maximum Gasteiger partial charge on any atom is 0.254 e. The summed E-state index contributed by atoms with van der Waals surface area (Å²) in [5, 5.41) is 0. The van der Waals surface area contributed by atoms with Gasteiger partial charge in [0.05, 0.1) is 0 Å². The third kappa shape index (κ3) is 6.69. The van der Waals surface area contributed by atoms with Crippen LogP contribution >= 0.6 is 0 Å². The standard InChI is InChI=1S/C30H40F2N2O/c1-4-27-6-5-17-34(27)29(35)25-12-9-23(10-13-25)26-14-11-24(28(31)20-26)8-7-22-15-18-33(19-16-22)21-30(2,3)32/h9-14,20,22,27H,4-8,15-19,21H2,1-3H3. The average Bonchev–Trinajstić information content (AvgIpc) is 3.32. The lowest BCUT2D eigenvalue weighted by Crippen LogP contribution is -2.41. The number of alkyl halides is 1. The number of carbonyl (C=O) groups is 1. The zero-order valence-corrected chi connectivity index (χ0v) is 21.5. The van der Waals surface area contributed by atoms with Crippen molar-refractivity contribution in [3.05, 3.63) is 59.4 Å². The molecule has 1 amide bonds. The predicted octanol–water partition coefficient (Wildman–Crippen LogP) is 6.90. The zero-order valence-electron chi connectivity index (χ0n) is 21.5. The number of rotatable bonds is 8. The first kappa shape index (κ1) is 25.8. The Morgan fingerprint density at radius 3 is 2.31 bits per heavy atom. The topological polar surface area (TPSA) is 23.6 Å². The van der Waals surface area contributed by atoms with Gasteiger partial charge in [0.15, 0.2) is 0 Å². The molecule has 0 spiro atoms. The highest BCUT2D eigenvalue weighted by Gasteiger charge is 2.28. The molecule has 2 heterocycles. The average molecular weight is 483 g/mol. The van der Waals surface area contributed by atoms with Crippen molar-refractivity contribution in [2.45, 2.75) is 77.4 Å². The fourth-order valence-corrected chi connectivity index (χ4v) is 5.75. The Bertz CT molecular complexity index is 990. The third-order valence-corrected chi connectivity index (χ3v) is 7.76. The van der Waals surface area contributed by atoms with Crippen LogP contribution in [0.1, 0.15) is 75.2 Å². The quantitative estimate of drug-likeness (QED) is 0.409. The summed E-state index contributed by atoms with van der Waals surface area (Å²) in [6.45, 7) is 8.58. The van der Waals surface area contributed by atoms with Crippen molar-refractivity contribution in [3.63, 3.8) is 0 Å². The second kappa shape index (κ2) is 11.2. The van der Waals surface area contributed by atoms with Gasteiger partial charge in [-0.15, -0.1) is 0 Å². The van der Waals surface area contributed by atoms with Crippen LogP contribution in [0.4, 0.5) is 8.78 Å². The van der Waals surface area contributed by atoms with Gasteiger partial charge in [0, 0.05) is 24.7 Å². The first-order valence-corrected chi connectivity index (χ1v) is 13.3. The molecule has 2 aromatic rings. The Hall–Kier alpha value is -2.27. The highest BCUT2D eigenvalue weighted by atomic mass is 19.1. The Kier molecular flexibility index (Phi) is 8.26. The first-order chi connectivity index (χ1) is 16.7. The molecule has 0 aliphatic carbocycles. The molecule has 4 rings (SSSR count). The van der Waals surface area contributed by atoms with Crippen molar-refractivity contribution >= 4 is 5.91 Å². The molecule has 0 N–H and O–H groups in total. The van der Waals surface area contributed by atoms with Crippen LogP contribution in [0.25, 0.3) is 11.1 Å². The lowest BCUT2D eigenvalue weighted by atomic mass is 9.89. The highest BCUT2D eigenvalue weighted by Crippen LogP contribution is 2.28. The number of hydrogen-bond acceptors (Lipinski definition) is 2. The minimum atomic E-state index is -1.15. The molecule has 190 valence electrons. The Morgan fingerprint density at radius 2 is 1.69 bits per heavy atom. The number of likely N-dealkylation sites (tertiary alicyclic amines) is 2. The van der Waals surface area contributed by atoms with E-state index in [4.69, 9.17) is 0 Å². The minimum Gasteiger partial charge on any atom is -0.336 e. The van der Waals surface area contributed by atoms with E-state index in [1.165, 1.54) is 0 Å². The van der Waals surface area contributed by atoms with Crippen molar-refractivity contribution < 1.29 is 13.6 Å². The Morgan fingerprint density at radius 1 is 1.00 bits per heavy atom. The molecule has 2 aliphatic rings. The second-order valence-electron chi connectivity index (χ2n) is 11.1. The maximum atomic E-state index is 14.9. The Balaban J connectivity index is 1.32. The summed E-state index contributed by atoms with van der Waals surface area (Å²) in [6.07, 6.45) is 6.95. The number of hydrogen-bond donors (Lipinski definition) is 0. The zero-order chi connectivity index (χ0) is 25.0. The summed E-state index contributed by atoms with van der Waals surface area (Å²) >= 11 is 0. The van der Waals surface area contributed by atoms with Gasteiger partial charge in [-0.25, -0.2) is 8.78 Å². The number of amides is 1. The van der Waals surface area contributed by atoms with Gasteiger partial charge in [0.25, 0.3) is 5.91 Å². The SMILES string of the molecule is CCC1CCCN1C(=O)c1ccc(-c2ccc(CCC3CCN(CC(C)(C)F)CC3)c(F)c2)cc1. The van der Waals surface area contributed by atoms with Gasteiger partial charge in [-0.05, 0) is 113 Å². The van der Waals surface area contributed by atoms with Crippen LogP contribution in [0, 0.1) is 11.7 Å². The van der Waals surface area contributed by atoms with E-state index in [0.29, 0.717) is 24.1 Å². The molecule has 2 aromatic carbocycles. The van der Waals surface area contributed by atoms with Crippen LogP contribution in [0.2, 0.25) is 0 Å². The first-order valence-electron chi connectivity index (χ1n) is 13.3. The molecule has 0 saturated carbocycles. The van der Waals surface area contributed by atoms with Crippen molar-refractivity contribution in [1.82, 2.24) is 9.80 Å². The monoisotopic (exact) mass is 482 g/mol. The molecule has 0 aromatic heterocycles. The molecule has 5 heteroatoms. The fraction of sp³-hybridized carbons (Fsp3) is 0.567. The van der Waals surface area contributed by atoms with Gasteiger partial charge in [0.1, 0.15) is 11.5 Å². The molecular weight excluding hydrogens is 442 g/mol. The summed E-state index contributed by atoms with van der Waals surface area (Å²) in [6, 6.07) is 13.4. The summed E-state index contributed by atoms with van der Waals surface area (Å²) in [7, 11) is 0. The van der Waals surface area contributed by atoms with Crippen molar-refractivity contribution in [1.29, 1.82) is 0 Å². The number of aryl methyl sites for hydroxylation is 1. The summed E-state index contributed by atoms with van der Waals surface area (Å²) < 4.78 is 28.8. The molecule has 0 bridgehead atoms. The smallest absolute Gasteiger partial charge is 0.254 e. The summed E-state index contributed by atoms with van der Waals surface area (Å²) in [4.78, 5) is 17.1. The van der Waals surface area contributed by atoms with Crippen molar-refractivity contribution in [2.24, 2.45) is 5.92 Å². The summed E-state index contributed by atoms with van der Waals surface area (Å²) in [5.41, 5.74) is 2.06. The molecule has 2 saturated heterocycles. The van der Waals surface area contributed by atoms with E-state index in [-0.39, 0.29) is 11.7 Å². The van der Waals surface area contributed by atoms with Gasteiger partial charge >= 0.3 is 0 Å². The van der Waals surface area contributed by atoms with Gasteiger partial charge in [-0.2, -0.15) is 0 Å². The lowest BCUT2D eigenvalue weighted by molar-refractivity contribution is 0.0733. The van der Waals surface area contributed by atoms with Crippen molar-refractivity contribution in [3.8, 4) is 11.1 Å². The van der Waals surface area contributed by atoms with Gasteiger partial charge in [-0.1, -0.05) is 31.2 Å². The minimum absolute atomic E-state index is 0.0988. The van der Waals surface area contributed by atoms with E-state index >= 15 is 0 Å². The fourth-order valence-electron chi connectivity index (χ4n) is 5.75. The third-order valence-electron chi connectivity index (χ3n) is 7.76. The largest absolute Gasteiger partial charge is 0.336 e. The number of benzene rings is 2. The van der Waals surface area contributed by atoms with Gasteiger partial charge in [-0.3, -0.25) is 4.79 Å². The van der Waals surface area contributed by atoms with E-state index < -0.39 is 5.67 Å². The number of carbonyl (C=O) groups excluding carboxylic acids is 1. The molecule has 3 nitrogen and oxygen atoms in total. The Labute approximate surface area is 209 Å². The van der Waals surface area contributed by atoms with E-state index in [2.05, 4.69) is 11.8 Å². The van der Waals surface area contributed by atoms with Crippen LogP contribution in [-0.4, -0.2) is 53.6 Å². The maximum absolute atomic E-state index is 14.9. The van der Waals surface area contributed by atoms with Crippen LogP contribution in [0.5, 0.6) is 0 Å². The summed E-state index contributed by atoms with van der Waals surface area (Å²) in [5.74, 6) is 0.504. The number of piperidine rings is 1. The number of halogens is 2. The molecule has 1 atom stereocenters. The van der Waals surface area contributed by atoms with E-state index in [1.807, 2.05) is 41.3 Å². The molecule has 2 fully saturated rings. The second-order valence-corrected chi connectivity index (χ2v) is 11.1. The van der Waals surface area contributed by atoms with Crippen LogP contribution < -0.4 is 0 Å². The normalized spacial score (nSPS) is 19.9. The van der Waals surface area contributed by atoms with Crippen LogP contribution in [0.3, 0.4) is 0 Å². The molecule has 35 heavy (non-hydrogen) atoms. The van der Waals surface area contributed by atoms with Gasteiger partial charge < -0.3 is 9.80 Å². The van der Waals surface area contributed by atoms with E-state index in [1.54, 1.807) is 19.9 Å². The van der Waals surface area contributed by atoms with Crippen LogP contribution in [-0.2, 0) is 6.42 Å².